The lowest BCUT2D eigenvalue weighted by Crippen LogP contribution is -2.38. The van der Waals surface area contributed by atoms with Crippen molar-refractivity contribution in [1.82, 2.24) is 9.80 Å². The number of nitrogens with zero attached hydrogens (tertiary/aromatic N) is 2. The highest BCUT2D eigenvalue weighted by molar-refractivity contribution is 5.33. The highest BCUT2D eigenvalue weighted by Gasteiger charge is 2.19. The summed E-state index contributed by atoms with van der Waals surface area (Å²) in [6.45, 7) is 8.09. The zero-order valence-corrected chi connectivity index (χ0v) is 14.8. The van der Waals surface area contributed by atoms with Crippen molar-refractivity contribution in [3.8, 4) is 5.75 Å². The lowest BCUT2D eigenvalue weighted by Gasteiger charge is -2.31. The molecule has 24 heavy (non-hydrogen) atoms. The number of para-hydroxylation sites is 1. The van der Waals surface area contributed by atoms with E-state index >= 15 is 0 Å². The summed E-state index contributed by atoms with van der Waals surface area (Å²) in [6.07, 6.45) is 2.24. The molecule has 134 valence electrons. The smallest absolute Gasteiger partial charge is 0.123 e. The Balaban J connectivity index is 1.50. The average Bonchev–Trinajstić information content (AvgIpc) is 2.65. The van der Waals surface area contributed by atoms with Gasteiger partial charge in [-0.2, -0.15) is 0 Å². The number of rotatable bonds is 7. The van der Waals surface area contributed by atoms with Crippen LogP contribution in [0.2, 0.25) is 0 Å². The van der Waals surface area contributed by atoms with Gasteiger partial charge in [0.2, 0.25) is 0 Å². The number of morpholine rings is 1. The molecule has 3 rings (SSSR count). The number of ether oxygens (including phenoxy) is 3. The molecule has 0 radical (unpaired) electrons. The first kappa shape index (κ1) is 17.7. The third-order valence-corrected chi connectivity index (χ3v) is 4.98. The molecule has 1 aromatic carbocycles. The Kier molecular flexibility index (Phi) is 6.90. The Hall–Kier alpha value is -1.14. The van der Waals surface area contributed by atoms with E-state index in [1.54, 1.807) is 0 Å². The molecule has 5 nitrogen and oxygen atoms in total. The zero-order chi connectivity index (χ0) is 16.6. The Labute approximate surface area is 145 Å². The monoisotopic (exact) mass is 334 g/mol. The lowest BCUT2D eigenvalue weighted by molar-refractivity contribution is 0.0319. The zero-order valence-electron chi connectivity index (χ0n) is 14.8. The molecule has 0 N–H and O–H groups in total. The standard InChI is InChI=1S/C19H30N2O3/c1-20(18-6-11-22-12-7-18)16-17-4-2-3-5-19(17)24-15-10-21-8-13-23-14-9-21/h2-5,18H,6-16H2,1H3. The summed E-state index contributed by atoms with van der Waals surface area (Å²) in [7, 11) is 2.21. The van der Waals surface area contributed by atoms with Gasteiger partial charge in [-0.1, -0.05) is 18.2 Å². The van der Waals surface area contributed by atoms with Crippen molar-refractivity contribution in [1.29, 1.82) is 0 Å². The van der Waals surface area contributed by atoms with E-state index in [1.165, 1.54) is 5.56 Å². The molecule has 2 saturated heterocycles. The minimum Gasteiger partial charge on any atom is -0.492 e. The van der Waals surface area contributed by atoms with E-state index in [1.807, 2.05) is 0 Å². The van der Waals surface area contributed by atoms with E-state index in [4.69, 9.17) is 14.2 Å². The Morgan fingerprint density at radius 3 is 2.58 bits per heavy atom. The highest BCUT2D eigenvalue weighted by Crippen LogP contribution is 2.22. The van der Waals surface area contributed by atoms with Crippen LogP contribution < -0.4 is 4.74 Å². The van der Waals surface area contributed by atoms with E-state index in [0.29, 0.717) is 6.04 Å². The molecule has 2 aliphatic heterocycles. The molecular formula is C19H30N2O3. The van der Waals surface area contributed by atoms with E-state index in [2.05, 4.69) is 41.1 Å². The van der Waals surface area contributed by atoms with Crippen LogP contribution in [-0.2, 0) is 16.0 Å². The predicted octanol–water partition coefficient (Wildman–Crippen LogP) is 2.01. The van der Waals surface area contributed by atoms with Crippen molar-refractivity contribution < 1.29 is 14.2 Å². The summed E-state index contributed by atoms with van der Waals surface area (Å²) in [5, 5.41) is 0. The van der Waals surface area contributed by atoms with Gasteiger partial charge < -0.3 is 14.2 Å². The van der Waals surface area contributed by atoms with Gasteiger partial charge in [0.25, 0.3) is 0 Å². The minimum absolute atomic E-state index is 0.611. The molecule has 0 spiro atoms. The van der Waals surface area contributed by atoms with Gasteiger partial charge in [-0.3, -0.25) is 9.80 Å². The summed E-state index contributed by atoms with van der Waals surface area (Å²) < 4.78 is 17.0. The molecule has 0 amide bonds. The van der Waals surface area contributed by atoms with Crippen molar-refractivity contribution in [3.63, 3.8) is 0 Å². The van der Waals surface area contributed by atoms with E-state index in [0.717, 1.165) is 77.8 Å². The van der Waals surface area contributed by atoms with E-state index in [-0.39, 0.29) is 0 Å². The van der Waals surface area contributed by atoms with Crippen molar-refractivity contribution in [2.24, 2.45) is 0 Å². The summed E-state index contributed by atoms with van der Waals surface area (Å²) >= 11 is 0. The van der Waals surface area contributed by atoms with Crippen LogP contribution in [0.3, 0.4) is 0 Å². The second-order valence-corrected chi connectivity index (χ2v) is 6.67. The van der Waals surface area contributed by atoms with Gasteiger partial charge in [0.15, 0.2) is 0 Å². The van der Waals surface area contributed by atoms with Crippen LogP contribution in [-0.4, -0.2) is 75.6 Å². The summed E-state index contributed by atoms with van der Waals surface area (Å²) in [4.78, 5) is 4.84. The van der Waals surface area contributed by atoms with Crippen LogP contribution in [0.4, 0.5) is 0 Å². The second kappa shape index (κ2) is 9.37. The normalized spacial score (nSPS) is 20.4. The van der Waals surface area contributed by atoms with Crippen LogP contribution in [0.15, 0.2) is 24.3 Å². The number of hydrogen-bond acceptors (Lipinski definition) is 5. The van der Waals surface area contributed by atoms with Gasteiger partial charge in [-0.15, -0.1) is 0 Å². The molecule has 2 heterocycles. The molecule has 0 unspecified atom stereocenters. The topological polar surface area (TPSA) is 34.2 Å². The van der Waals surface area contributed by atoms with Crippen LogP contribution in [0.5, 0.6) is 5.75 Å². The largest absolute Gasteiger partial charge is 0.492 e. The highest BCUT2D eigenvalue weighted by atomic mass is 16.5. The second-order valence-electron chi connectivity index (χ2n) is 6.67. The number of benzene rings is 1. The van der Waals surface area contributed by atoms with Gasteiger partial charge >= 0.3 is 0 Å². The van der Waals surface area contributed by atoms with Crippen LogP contribution in [0, 0.1) is 0 Å². The van der Waals surface area contributed by atoms with Gasteiger partial charge in [0.1, 0.15) is 12.4 Å². The molecule has 5 heteroatoms. The molecule has 0 aromatic heterocycles. The van der Waals surface area contributed by atoms with Crippen molar-refractivity contribution in [2.75, 3.05) is 59.7 Å². The lowest BCUT2D eigenvalue weighted by atomic mass is 10.1. The van der Waals surface area contributed by atoms with Gasteiger partial charge in [0.05, 0.1) is 13.2 Å². The summed E-state index contributed by atoms with van der Waals surface area (Å²) in [5.41, 5.74) is 1.27. The maximum Gasteiger partial charge on any atom is 0.123 e. The van der Waals surface area contributed by atoms with E-state index < -0.39 is 0 Å². The molecule has 0 aliphatic carbocycles. The molecule has 2 fully saturated rings. The van der Waals surface area contributed by atoms with Crippen molar-refractivity contribution >= 4 is 0 Å². The molecule has 1 aromatic rings. The first-order valence-electron chi connectivity index (χ1n) is 9.12. The van der Waals surface area contributed by atoms with E-state index in [9.17, 15) is 0 Å². The number of hydrogen-bond donors (Lipinski definition) is 0. The molecule has 0 atom stereocenters. The molecule has 0 bridgehead atoms. The van der Waals surface area contributed by atoms with Crippen LogP contribution in [0.25, 0.3) is 0 Å². The minimum atomic E-state index is 0.611. The quantitative estimate of drug-likeness (QED) is 0.762. The Morgan fingerprint density at radius 2 is 1.79 bits per heavy atom. The first-order valence-corrected chi connectivity index (χ1v) is 9.12. The third kappa shape index (κ3) is 5.18. The summed E-state index contributed by atoms with van der Waals surface area (Å²) in [6, 6.07) is 9.04. The fourth-order valence-electron chi connectivity index (χ4n) is 3.41. The fraction of sp³-hybridized carbons (Fsp3) is 0.684. The molecule has 0 saturated carbocycles. The SMILES string of the molecule is CN(Cc1ccccc1OCCN1CCOCC1)C1CCOCC1. The molecular weight excluding hydrogens is 304 g/mol. The third-order valence-electron chi connectivity index (χ3n) is 4.98. The average molecular weight is 334 g/mol. The van der Waals surface area contributed by atoms with Gasteiger partial charge in [-0.05, 0) is 26.0 Å². The Bertz CT molecular complexity index is 485. The van der Waals surface area contributed by atoms with Crippen molar-refractivity contribution in [2.45, 2.75) is 25.4 Å². The molecule has 2 aliphatic rings. The fourth-order valence-corrected chi connectivity index (χ4v) is 3.41. The van der Waals surface area contributed by atoms with Crippen LogP contribution in [0.1, 0.15) is 18.4 Å². The van der Waals surface area contributed by atoms with Crippen molar-refractivity contribution in [3.05, 3.63) is 29.8 Å². The van der Waals surface area contributed by atoms with Crippen LogP contribution >= 0.6 is 0 Å². The predicted molar refractivity (Wildman–Crippen MR) is 94.5 cm³/mol. The first-order chi connectivity index (χ1) is 11.8. The van der Waals surface area contributed by atoms with Gasteiger partial charge in [-0.25, -0.2) is 0 Å². The Morgan fingerprint density at radius 1 is 1.08 bits per heavy atom. The summed E-state index contributed by atoms with van der Waals surface area (Å²) in [5.74, 6) is 1.02. The maximum absolute atomic E-state index is 6.09. The van der Waals surface area contributed by atoms with Gasteiger partial charge in [0, 0.05) is 51.0 Å². The maximum atomic E-state index is 6.09.